The second-order valence-electron chi connectivity index (χ2n) is 17.2. The van der Waals surface area contributed by atoms with E-state index in [1.165, 1.54) is 14.2 Å². The number of fused-ring (bicyclic) bond motifs is 2. The number of likely N-dealkylation sites (N-methyl/N-ethyl adjacent to an activating group) is 1. The largest absolute Gasteiger partial charge is 0.465 e. The highest BCUT2D eigenvalue weighted by molar-refractivity contribution is 5.93. The minimum absolute atomic E-state index is 0.112. The van der Waals surface area contributed by atoms with Gasteiger partial charge in [-0.25, -0.2) is 19.6 Å². The number of aromatic amines is 2. The number of ether oxygens (including phenoxy) is 1. The molecule has 0 saturated carbocycles. The summed E-state index contributed by atoms with van der Waals surface area (Å²) in [6.45, 7) is 8.70. The maximum absolute atomic E-state index is 13.7. The lowest BCUT2D eigenvalue weighted by Crippen LogP contribution is -2.51. The van der Waals surface area contributed by atoms with Crippen molar-refractivity contribution >= 4 is 45.8 Å². The number of carbonyl (C=O) groups excluding carboxylic acids is 3. The smallest absolute Gasteiger partial charge is 0.407 e. The van der Waals surface area contributed by atoms with E-state index in [0.717, 1.165) is 91.7 Å². The minimum atomic E-state index is -1.12. The van der Waals surface area contributed by atoms with E-state index in [9.17, 15) is 24.3 Å². The Bertz CT molecular complexity index is 2630. The molecule has 8 rings (SSSR count). The molecule has 4 aromatic carbocycles. The van der Waals surface area contributed by atoms with Crippen LogP contribution in [0.3, 0.4) is 0 Å². The number of hydrogen-bond donors (Lipinski definition) is 4. The Morgan fingerprint density at radius 1 is 0.742 bits per heavy atom. The third kappa shape index (κ3) is 8.20. The van der Waals surface area contributed by atoms with Gasteiger partial charge >= 0.3 is 12.2 Å². The van der Waals surface area contributed by atoms with E-state index < -0.39 is 24.3 Å². The highest BCUT2D eigenvalue weighted by Crippen LogP contribution is 2.36. The van der Waals surface area contributed by atoms with Crippen molar-refractivity contribution in [2.24, 2.45) is 11.8 Å². The van der Waals surface area contributed by atoms with Crippen molar-refractivity contribution in [1.29, 1.82) is 0 Å². The first kappa shape index (κ1) is 42.0. The average Bonchev–Trinajstić information content (AvgIpc) is 4.11. The van der Waals surface area contributed by atoms with E-state index >= 15 is 0 Å². The van der Waals surface area contributed by atoms with Crippen LogP contribution >= 0.6 is 0 Å². The molecule has 0 spiro atoms. The van der Waals surface area contributed by atoms with Crippen LogP contribution < -0.4 is 5.32 Å². The molecule has 2 fully saturated rings. The van der Waals surface area contributed by atoms with Crippen molar-refractivity contribution in [3.8, 4) is 33.5 Å². The molecule has 14 heteroatoms. The molecule has 62 heavy (non-hydrogen) atoms. The summed E-state index contributed by atoms with van der Waals surface area (Å²) in [6, 6.07) is 25.5. The third-order valence-electron chi connectivity index (χ3n) is 12.5. The number of aromatic nitrogens is 4. The van der Waals surface area contributed by atoms with Crippen LogP contribution in [0.4, 0.5) is 9.59 Å². The van der Waals surface area contributed by atoms with Gasteiger partial charge in [-0.05, 0) is 94.8 Å². The standard InChI is InChI=1S/C48H54N8O6/c1-27(2)41(53-47(59)62-6)45(57)55-21-8-10-40(55)44-50-36-20-19-34(25-37(36)51-44)33-18-14-30-13-17-32(23-35(30)24-33)29-11-15-31(16-12-29)38-26-49-43(52-38)39-9-7-22-56(39)46(58)42(28(3)4)54(5)48(60)61/h11-20,23-28,39-42H,7-10,21-22H2,1-6H3,(H,49,52)(H,50,51)(H,53,59)(H,60,61)/t39-,40-,41-,42-/m0/s1. The molecule has 4 heterocycles. The molecule has 0 aliphatic carbocycles. The van der Waals surface area contributed by atoms with Gasteiger partial charge in [-0.15, -0.1) is 0 Å². The van der Waals surface area contributed by atoms with Gasteiger partial charge in [0.25, 0.3) is 0 Å². The monoisotopic (exact) mass is 838 g/mol. The summed E-state index contributed by atoms with van der Waals surface area (Å²) in [5.41, 5.74) is 7.68. The lowest BCUT2D eigenvalue weighted by atomic mass is 9.97. The van der Waals surface area contributed by atoms with Crippen LogP contribution in [0.5, 0.6) is 0 Å². The van der Waals surface area contributed by atoms with Crippen LogP contribution in [0.2, 0.25) is 0 Å². The maximum atomic E-state index is 13.7. The molecular weight excluding hydrogens is 785 g/mol. The van der Waals surface area contributed by atoms with Gasteiger partial charge in [-0.2, -0.15) is 0 Å². The van der Waals surface area contributed by atoms with Gasteiger partial charge in [0.1, 0.15) is 23.7 Å². The molecule has 0 unspecified atom stereocenters. The van der Waals surface area contributed by atoms with Crippen LogP contribution in [0.1, 0.15) is 77.1 Å². The van der Waals surface area contributed by atoms with E-state index in [1.807, 2.05) is 44.9 Å². The molecule has 2 saturated heterocycles. The Morgan fingerprint density at radius 3 is 1.95 bits per heavy atom. The minimum Gasteiger partial charge on any atom is -0.465 e. The van der Waals surface area contributed by atoms with Crippen LogP contribution in [0, 0.1) is 11.8 Å². The van der Waals surface area contributed by atoms with Gasteiger partial charge in [0.15, 0.2) is 0 Å². The summed E-state index contributed by atoms with van der Waals surface area (Å²) in [5.74, 6) is 0.817. The van der Waals surface area contributed by atoms with Gasteiger partial charge in [-0.1, -0.05) is 82.3 Å². The number of benzene rings is 4. The number of carbonyl (C=O) groups is 4. The van der Waals surface area contributed by atoms with Crippen molar-refractivity contribution in [3.05, 3.63) is 96.7 Å². The summed E-state index contributed by atoms with van der Waals surface area (Å²) in [7, 11) is 2.75. The first-order chi connectivity index (χ1) is 29.8. The van der Waals surface area contributed by atoms with Gasteiger partial charge in [0.2, 0.25) is 11.8 Å². The number of amides is 4. The lowest BCUT2D eigenvalue weighted by molar-refractivity contribution is -0.138. The number of imidazole rings is 2. The number of alkyl carbamates (subject to hydrolysis) is 1. The van der Waals surface area contributed by atoms with Gasteiger partial charge in [0.05, 0.1) is 35.9 Å². The van der Waals surface area contributed by atoms with E-state index in [-0.39, 0.29) is 35.7 Å². The lowest BCUT2D eigenvalue weighted by Gasteiger charge is -2.33. The van der Waals surface area contributed by atoms with Crippen LogP contribution in [-0.4, -0.2) is 103 Å². The predicted octanol–water partition coefficient (Wildman–Crippen LogP) is 8.78. The van der Waals surface area contributed by atoms with E-state index in [2.05, 4.69) is 88.1 Å². The second kappa shape index (κ2) is 17.3. The van der Waals surface area contributed by atoms with Gasteiger partial charge < -0.3 is 34.9 Å². The number of hydrogen-bond acceptors (Lipinski definition) is 7. The molecule has 322 valence electrons. The van der Waals surface area contributed by atoms with E-state index in [1.54, 1.807) is 4.90 Å². The Kier molecular flexibility index (Phi) is 11.8. The average molecular weight is 839 g/mol. The van der Waals surface area contributed by atoms with Crippen molar-refractivity contribution in [2.75, 3.05) is 27.2 Å². The Hall–Kier alpha value is -6.70. The third-order valence-corrected chi connectivity index (χ3v) is 12.5. The fraction of sp³-hybridized carbons (Fsp3) is 0.375. The van der Waals surface area contributed by atoms with Crippen LogP contribution in [-0.2, 0) is 14.3 Å². The topological polar surface area (TPSA) is 177 Å². The molecule has 2 aliphatic rings. The SMILES string of the molecule is COC(=O)N[C@H](C(=O)N1CCC[C@H]1c1nc2cc(-c3ccc4ccc(-c5ccc(-c6c[nH]c([C@@H]7CCCN7C(=O)[C@H](C(C)C)N(C)C(=O)O)n6)cc5)cc4c3)ccc2[nH]1)C(C)C. The number of nitrogens with zero attached hydrogens (tertiary/aromatic N) is 5. The zero-order valence-corrected chi connectivity index (χ0v) is 36.0. The quantitative estimate of drug-likeness (QED) is 0.100. The van der Waals surface area contributed by atoms with Gasteiger partial charge in [-0.3, -0.25) is 14.5 Å². The molecule has 6 aromatic rings. The molecule has 4 atom stereocenters. The number of methoxy groups -OCH3 is 1. The van der Waals surface area contributed by atoms with Gasteiger partial charge in [0, 0.05) is 31.9 Å². The summed E-state index contributed by atoms with van der Waals surface area (Å²) in [5, 5.41) is 14.6. The molecule has 4 amide bonds. The molecule has 4 N–H and O–H groups in total. The zero-order valence-electron chi connectivity index (χ0n) is 36.0. The van der Waals surface area contributed by atoms with Crippen LogP contribution in [0.15, 0.2) is 85.1 Å². The Labute approximate surface area is 360 Å². The summed E-state index contributed by atoms with van der Waals surface area (Å²) >= 11 is 0. The predicted molar refractivity (Wildman–Crippen MR) is 238 cm³/mol. The summed E-state index contributed by atoms with van der Waals surface area (Å²) in [4.78, 5) is 72.6. The fourth-order valence-corrected chi connectivity index (χ4v) is 9.15. The Balaban J connectivity index is 0.981. The van der Waals surface area contributed by atoms with E-state index in [0.29, 0.717) is 18.9 Å². The number of likely N-dealkylation sites (tertiary alicyclic amines) is 2. The maximum Gasteiger partial charge on any atom is 0.407 e. The number of carboxylic acid groups (broad SMARTS) is 1. The number of rotatable bonds is 11. The normalized spacial score (nSPS) is 17.5. The Morgan fingerprint density at radius 2 is 1.32 bits per heavy atom. The highest BCUT2D eigenvalue weighted by atomic mass is 16.5. The zero-order chi connectivity index (χ0) is 43.8. The molecule has 2 aliphatic heterocycles. The first-order valence-corrected chi connectivity index (χ1v) is 21.4. The molecule has 14 nitrogen and oxygen atoms in total. The molecule has 0 bridgehead atoms. The fourth-order valence-electron chi connectivity index (χ4n) is 9.15. The second-order valence-corrected chi connectivity index (χ2v) is 17.2. The number of H-pyrrole nitrogens is 2. The molecule has 0 radical (unpaired) electrons. The van der Waals surface area contributed by atoms with Crippen molar-refractivity contribution in [3.63, 3.8) is 0 Å². The van der Waals surface area contributed by atoms with Crippen molar-refractivity contribution in [2.45, 2.75) is 77.5 Å². The molecule has 2 aromatic heterocycles. The van der Waals surface area contributed by atoms with Crippen molar-refractivity contribution < 1.29 is 29.0 Å². The van der Waals surface area contributed by atoms with Crippen LogP contribution in [0.25, 0.3) is 55.3 Å². The summed E-state index contributed by atoms with van der Waals surface area (Å²) < 4.78 is 4.79. The highest BCUT2D eigenvalue weighted by Gasteiger charge is 2.40. The molecular formula is C48H54N8O6. The number of nitrogens with one attached hydrogen (secondary N) is 3. The first-order valence-electron chi connectivity index (χ1n) is 21.4. The summed E-state index contributed by atoms with van der Waals surface area (Å²) in [6.07, 6.45) is 3.31. The van der Waals surface area contributed by atoms with Crippen molar-refractivity contribution in [1.82, 2.24) is 40.0 Å². The van der Waals surface area contributed by atoms with E-state index in [4.69, 9.17) is 14.7 Å².